The number of rotatable bonds is 1. The fourth-order valence-corrected chi connectivity index (χ4v) is 0. The van der Waals surface area contributed by atoms with E-state index in [-0.39, 0.29) is 32.7 Å². The van der Waals surface area contributed by atoms with Gasteiger partial charge in [-0.05, 0) is 0 Å². The van der Waals surface area contributed by atoms with Crippen LogP contribution in [0.2, 0.25) is 0 Å². The third kappa shape index (κ3) is 11.4. The van der Waals surface area contributed by atoms with Gasteiger partial charge in [0, 0.05) is 32.7 Å². The zero-order valence-corrected chi connectivity index (χ0v) is 8.28. The Morgan fingerprint density at radius 3 is 2.00 bits per heavy atom. The van der Waals surface area contributed by atoms with Crippen molar-refractivity contribution < 1.29 is 32.7 Å². The predicted octanol–water partition coefficient (Wildman–Crippen LogP) is -0.303. The zero-order valence-electron chi connectivity index (χ0n) is 3.44. The topological polar surface area (TPSA) is 0 Å². The van der Waals surface area contributed by atoms with Gasteiger partial charge in [-0.3, -0.25) is 0 Å². The first kappa shape index (κ1) is 9.33. The van der Waals surface area contributed by atoms with Crippen LogP contribution in [-0.2, 0) is 32.7 Å². The molecule has 2 heteroatoms. The molecule has 0 nitrogen and oxygen atoms in total. The molecule has 0 aromatic heterocycles. The van der Waals surface area contributed by atoms with E-state index in [9.17, 15) is 0 Å². The second-order valence-electron chi connectivity index (χ2n) is 0.569. The van der Waals surface area contributed by atoms with Crippen LogP contribution in [-0.4, -0.2) is 10.2 Å². The monoisotopic (exact) mass is 160 g/mol. The average molecular weight is 160 g/mol. The predicted molar refractivity (Wildman–Crippen MR) is 24.4 cm³/mol. The summed E-state index contributed by atoms with van der Waals surface area (Å²) in [5.41, 5.74) is 0. The Balaban J connectivity index is 0. The Morgan fingerprint density at radius 2 is 2.00 bits per heavy atom. The maximum absolute atomic E-state index is 3.46. The van der Waals surface area contributed by atoms with Gasteiger partial charge < -0.3 is 0 Å². The van der Waals surface area contributed by atoms with Crippen LogP contribution in [0.1, 0.15) is 0 Å². The molecule has 0 aromatic carbocycles. The van der Waals surface area contributed by atoms with Crippen LogP contribution in [0, 0.1) is 6.04 Å². The number of allylic oxidation sites excluding steroid dienone is 1. The molecule has 0 aromatic rings. The molecule has 1 radical (unpaired) electrons. The molecular formula is C3H7SiY-. The van der Waals surface area contributed by atoms with Gasteiger partial charge in [0.15, 0.2) is 0 Å². The molecule has 0 N–H and O–H groups in total. The minimum absolute atomic E-state index is 0. The molecule has 0 saturated heterocycles. The van der Waals surface area contributed by atoms with Crippen molar-refractivity contribution in [1.29, 1.82) is 0 Å². The van der Waals surface area contributed by atoms with E-state index < -0.39 is 0 Å². The molecule has 27 valence electrons. The first-order chi connectivity index (χ1) is 1.91. The maximum Gasteiger partial charge on any atom is 0 e. The third-order valence-corrected chi connectivity index (χ3v) is 0.707. The fourth-order valence-electron chi connectivity index (χ4n) is 0. The van der Waals surface area contributed by atoms with E-state index >= 15 is 0 Å². The van der Waals surface area contributed by atoms with Gasteiger partial charge in [-0.1, -0.05) is 10.2 Å². The van der Waals surface area contributed by atoms with Gasteiger partial charge in [0.1, 0.15) is 0 Å². The van der Waals surface area contributed by atoms with Crippen molar-refractivity contribution in [1.82, 2.24) is 0 Å². The van der Waals surface area contributed by atoms with Gasteiger partial charge >= 0.3 is 0 Å². The van der Waals surface area contributed by atoms with E-state index in [0.29, 0.717) is 0 Å². The Morgan fingerprint density at radius 1 is 1.80 bits per heavy atom. The molecule has 0 fully saturated rings. The molecule has 0 saturated carbocycles. The normalized spacial score (nSPS) is 4.80. The van der Waals surface area contributed by atoms with E-state index in [1.807, 2.05) is 12.1 Å². The van der Waals surface area contributed by atoms with Crippen molar-refractivity contribution in [2.45, 2.75) is 0 Å². The van der Waals surface area contributed by atoms with Crippen LogP contribution in [0.3, 0.4) is 0 Å². The minimum atomic E-state index is 0. The Hall–Kier alpha value is 0.931. The standard InChI is InChI=1S/C3H7Si.Y/c1-2-3-4;/h2-3H,1H2,4H3;/q-1;. The molecule has 0 rings (SSSR count). The first-order valence-electron chi connectivity index (χ1n) is 1.32. The minimum Gasteiger partial charge on any atom is -0.245 e. The van der Waals surface area contributed by atoms with Gasteiger partial charge in [0.05, 0.1) is 0 Å². The Labute approximate surface area is 61.3 Å². The second-order valence-corrected chi connectivity index (χ2v) is 1.24. The summed E-state index contributed by atoms with van der Waals surface area (Å²) in [5.74, 6) is 0. The molecule has 0 aliphatic heterocycles. The van der Waals surface area contributed by atoms with Crippen LogP contribution >= 0.6 is 0 Å². The van der Waals surface area contributed by atoms with Crippen LogP contribution in [0.4, 0.5) is 0 Å². The smallest absolute Gasteiger partial charge is 0 e. The maximum atomic E-state index is 3.46. The van der Waals surface area contributed by atoms with Crippen molar-refractivity contribution >= 4 is 10.2 Å². The summed E-state index contributed by atoms with van der Waals surface area (Å²) in [6.45, 7) is 3.46. The van der Waals surface area contributed by atoms with E-state index in [0.717, 1.165) is 10.2 Å². The van der Waals surface area contributed by atoms with Crippen LogP contribution in [0.5, 0.6) is 0 Å². The van der Waals surface area contributed by atoms with Gasteiger partial charge in [0.2, 0.25) is 0 Å². The third-order valence-electron chi connectivity index (χ3n) is 0.236. The fraction of sp³-hybridized carbons (Fsp3) is 0. The van der Waals surface area contributed by atoms with E-state index in [4.69, 9.17) is 0 Å². The van der Waals surface area contributed by atoms with Gasteiger partial charge in [-0.15, -0.1) is 0 Å². The summed E-state index contributed by atoms with van der Waals surface area (Å²) in [4.78, 5) is 0. The molecular weight excluding hydrogens is 153 g/mol. The van der Waals surface area contributed by atoms with Crippen molar-refractivity contribution in [2.24, 2.45) is 0 Å². The summed E-state index contributed by atoms with van der Waals surface area (Å²) in [5, 5.41) is 0. The van der Waals surface area contributed by atoms with Crippen LogP contribution in [0.15, 0.2) is 12.7 Å². The number of hydrogen-bond acceptors (Lipinski definition) is 0. The molecule has 0 aliphatic rings. The van der Waals surface area contributed by atoms with Crippen LogP contribution in [0.25, 0.3) is 0 Å². The second kappa shape index (κ2) is 8.87. The number of hydrogen-bond donors (Lipinski definition) is 0. The van der Waals surface area contributed by atoms with Crippen molar-refractivity contribution in [2.75, 3.05) is 0 Å². The van der Waals surface area contributed by atoms with Crippen molar-refractivity contribution in [3.63, 3.8) is 0 Å². The molecule has 0 bridgehead atoms. The summed E-state index contributed by atoms with van der Waals surface area (Å²) in [7, 11) is 1.15. The molecule has 5 heavy (non-hydrogen) atoms. The zero-order chi connectivity index (χ0) is 3.41. The summed E-state index contributed by atoms with van der Waals surface area (Å²) in [6, 6.07) is 2.03. The molecule has 0 heterocycles. The summed E-state index contributed by atoms with van der Waals surface area (Å²) in [6.07, 6.45) is 1.81. The first-order valence-corrected chi connectivity index (χ1v) is 2.47. The van der Waals surface area contributed by atoms with E-state index in [1.165, 1.54) is 0 Å². The van der Waals surface area contributed by atoms with E-state index in [2.05, 4.69) is 6.58 Å². The molecule has 0 atom stereocenters. The largest absolute Gasteiger partial charge is 0.245 e. The van der Waals surface area contributed by atoms with Gasteiger partial charge in [-0.2, -0.15) is 0 Å². The summed E-state index contributed by atoms with van der Waals surface area (Å²) >= 11 is 0. The van der Waals surface area contributed by atoms with Crippen molar-refractivity contribution in [3.8, 4) is 0 Å². The van der Waals surface area contributed by atoms with Gasteiger partial charge in [0.25, 0.3) is 0 Å². The average Bonchev–Trinajstić information content (AvgIpc) is 1.37. The van der Waals surface area contributed by atoms with E-state index in [1.54, 1.807) is 0 Å². The summed E-state index contributed by atoms with van der Waals surface area (Å²) < 4.78 is 0. The molecule has 0 aliphatic carbocycles. The van der Waals surface area contributed by atoms with Crippen LogP contribution < -0.4 is 0 Å². The Bertz CT molecular complexity index is 20.9. The SMILES string of the molecule is C=C[CH-][SiH3].[Y]. The molecule has 0 unspecified atom stereocenters. The molecule has 0 spiro atoms. The van der Waals surface area contributed by atoms with Gasteiger partial charge in [-0.25, -0.2) is 18.7 Å². The molecule has 0 amide bonds. The Kier molecular flexibility index (Phi) is 16.6. The quantitative estimate of drug-likeness (QED) is 0.365. The van der Waals surface area contributed by atoms with Crippen molar-refractivity contribution in [3.05, 3.63) is 18.7 Å².